The Kier molecular flexibility index (Phi) is 4.36. The van der Waals surface area contributed by atoms with E-state index in [9.17, 15) is 4.39 Å². The number of hydrogen-bond donors (Lipinski definition) is 1. The van der Waals surface area contributed by atoms with Gasteiger partial charge in [0.2, 0.25) is 0 Å². The molecule has 0 bridgehead atoms. The van der Waals surface area contributed by atoms with E-state index in [4.69, 9.17) is 14.6 Å². The zero-order chi connectivity index (χ0) is 13.7. The molecular weight excluding hydrogens is 247 g/mol. The van der Waals surface area contributed by atoms with Gasteiger partial charge in [-0.15, -0.1) is 0 Å². The Balaban J connectivity index is 2.19. The van der Waals surface area contributed by atoms with Crippen LogP contribution in [0.15, 0.2) is 42.5 Å². The fraction of sp³-hybridized carbons (Fsp3) is 0.200. The third-order valence-electron chi connectivity index (χ3n) is 2.78. The molecule has 0 saturated carbocycles. The summed E-state index contributed by atoms with van der Waals surface area (Å²) in [6.07, 6.45) is 0. The zero-order valence-electron chi connectivity index (χ0n) is 10.6. The van der Waals surface area contributed by atoms with Gasteiger partial charge in [0.25, 0.3) is 0 Å². The summed E-state index contributed by atoms with van der Waals surface area (Å²) in [4.78, 5) is 0. The Morgan fingerprint density at radius 3 is 2.53 bits per heavy atom. The largest absolute Gasteiger partial charge is 0.496 e. The van der Waals surface area contributed by atoms with Gasteiger partial charge in [0.15, 0.2) is 11.6 Å². The van der Waals surface area contributed by atoms with Crippen molar-refractivity contribution in [2.45, 2.75) is 13.2 Å². The molecule has 2 aromatic rings. The van der Waals surface area contributed by atoms with Crippen molar-refractivity contribution in [3.8, 4) is 11.5 Å². The van der Waals surface area contributed by atoms with Gasteiger partial charge >= 0.3 is 0 Å². The average molecular weight is 262 g/mol. The lowest BCUT2D eigenvalue weighted by Crippen LogP contribution is -2.02. The molecule has 0 amide bonds. The van der Waals surface area contributed by atoms with Gasteiger partial charge in [0.05, 0.1) is 13.7 Å². The molecule has 4 heteroatoms. The van der Waals surface area contributed by atoms with Gasteiger partial charge < -0.3 is 14.6 Å². The number of halogens is 1. The van der Waals surface area contributed by atoms with Crippen LogP contribution in [-0.4, -0.2) is 12.2 Å². The van der Waals surface area contributed by atoms with Gasteiger partial charge in [-0.3, -0.25) is 0 Å². The van der Waals surface area contributed by atoms with Crippen LogP contribution in [0.2, 0.25) is 0 Å². The molecule has 0 aliphatic carbocycles. The number of ether oxygens (including phenoxy) is 2. The molecule has 0 spiro atoms. The number of rotatable bonds is 5. The average Bonchev–Trinajstić information content (AvgIpc) is 2.46. The topological polar surface area (TPSA) is 38.7 Å². The number of para-hydroxylation sites is 2. The first kappa shape index (κ1) is 13.4. The van der Waals surface area contributed by atoms with Gasteiger partial charge in [-0.05, 0) is 12.1 Å². The molecule has 100 valence electrons. The normalized spacial score (nSPS) is 10.3. The monoisotopic (exact) mass is 262 g/mol. The Labute approximate surface area is 111 Å². The highest BCUT2D eigenvalue weighted by atomic mass is 19.1. The number of aliphatic hydroxyl groups is 1. The molecule has 0 heterocycles. The van der Waals surface area contributed by atoms with Crippen molar-refractivity contribution in [2.24, 2.45) is 0 Å². The van der Waals surface area contributed by atoms with Gasteiger partial charge in [0.1, 0.15) is 12.4 Å². The summed E-state index contributed by atoms with van der Waals surface area (Å²) < 4.78 is 24.3. The van der Waals surface area contributed by atoms with Crippen molar-refractivity contribution in [2.75, 3.05) is 7.11 Å². The van der Waals surface area contributed by atoms with Crippen LogP contribution >= 0.6 is 0 Å². The van der Waals surface area contributed by atoms with Crippen LogP contribution in [0.25, 0.3) is 0 Å². The van der Waals surface area contributed by atoms with E-state index in [1.165, 1.54) is 12.1 Å². The van der Waals surface area contributed by atoms with E-state index in [0.717, 1.165) is 5.56 Å². The van der Waals surface area contributed by atoms with Crippen LogP contribution in [0, 0.1) is 5.82 Å². The van der Waals surface area contributed by atoms with Crippen molar-refractivity contribution in [3.05, 3.63) is 59.4 Å². The van der Waals surface area contributed by atoms with Gasteiger partial charge in [0, 0.05) is 11.1 Å². The zero-order valence-corrected chi connectivity index (χ0v) is 10.6. The van der Waals surface area contributed by atoms with Crippen LogP contribution in [0.1, 0.15) is 11.1 Å². The lowest BCUT2D eigenvalue weighted by atomic mass is 10.2. The first-order valence-electron chi connectivity index (χ1n) is 5.89. The highest BCUT2D eigenvalue weighted by molar-refractivity contribution is 5.36. The van der Waals surface area contributed by atoms with Gasteiger partial charge in [-0.1, -0.05) is 30.3 Å². The first-order chi connectivity index (χ1) is 9.26. The molecule has 0 aliphatic rings. The number of hydrogen-bond acceptors (Lipinski definition) is 3. The Morgan fingerprint density at radius 1 is 1.05 bits per heavy atom. The molecule has 0 aliphatic heterocycles. The van der Waals surface area contributed by atoms with E-state index in [2.05, 4.69) is 0 Å². The fourth-order valence-electron chi connectivity index (χ4n) is 1.81. The quantitative estimate of drug-likeness (QED) is 0.900. The molecule has 2 rings (SSSR count). The lowest BCUT2D eigenvalue weighted by molar-refractivity contribution is 0.249. The molecule has 0 fully saturated rings. The van der Waals surface area contributed by atoms with E-state index in [1.54, 1.807) is 13.2 Å². The maximum Gasteiger partial charge on any atom is 0.165 e. The molecule has 0 radical (unpaired) electrons. The minimum atomic E-state index is -0.485. The summed E-state index contributed by atoms with van der Waals surface area (Å²) in [6.45, 7) is -0.0863. The summed E-state index contributed by atoms with van der Waals surface area (Å²) >= 11 is 0. The molecule has 3 nitrogen and oxygen atoms in total. The molecule has 1 N–H and O–H groups in total. The van der Waals surface area contributed by atoms with E-state index in [-0.39, 0.29) is 19.0 Å². The summed E-state index contributed by atoms with van der Waals surface area (Å²) in [5, 5.41) is 9.17. The Bertz CT molecular complexity index is 555. The predicted octanol–water partition coefficient (Wildman–Crippen LogP) is 2.91. The van der Waals surface area contributed by atoms with Crippen molar-refractivity contribution in [1.29, 1.82) is 0 Å². The minimum Gasteiger partial charge on any atom is -0.496 e. The van der Waals surface area contributed by atoms with Crippen LogP contribution in [0.4, 0.5) is 4.39 Å². The maximum atomic E-state index is 13.7. The maximum absolute atomic E-state index is 13.7. The Morgan fingerprint density at radius 2 is 1.79 bits per heavy atom. The summed E-state index contributed by atoms with van der Waals surface area (Å²) in [7, 11) is 1.57. The van der Waals surface area contributed by atoms with Crippen LogP contribution in [0.5, 0.6) is 11.5 Å². The van der Waals surface area contributed by atoms with E-state index >= 15 is 0 Å². The number of benzene rings is 2. The first-order valence-corrected chi connectivity index (χ1v) is 5.89. The Hall–Kier alpha value is -2.07. The SMILES string of the molecule is COc1ccccc1COc1c(F)cccc1CO. The molecule has 0 aromatic heterocycles. The second-order valence-electron chi connectivity index (χ2n) is 3.99. The van der Waals surface area contributed by atoms with Crippen molar-refractivity contribution in [1.82, 2.24) is 0 Å². The minimum absolute atomic E-state index is 0.0795. The van der Waals surface area contributed by atoms with Crippen molar-refractivity contribution >= 4 is 0 Å². The predicted molar refractivity (Wildman–Crippen MR) is 69.6 cm³/mol. The second kappa shape index (κ2) is 6.20. The van der Waals surface area contributed by atoms with Crippen LogP contribution < -0.4 is 9.47 Å². The summed E-state index contributed by atoms with van der Waals surface area (Å²) in [5.41, 5.74) is 1.24. The standard InChI is InChI=1S/C15H15FO3/c1-18-14-8-3-2-5-12(14)10-19-15-11(9-17)6-4-7-13(15)16/h2-8,17H,9-10H2,1H3. The van der Waals surface area contributed by atoms with Crippen LogP contribution in [0.3, 0.4) is 0 Å². The highest BCUT2D eigenvalue weighted by Crippen LogP contribution is 2.25. The molecule has 0 saturated heterocycles. The van der Waals surface area contributed by atoms with Crippen LogP contribution in [-0.2, 0) is 13.2 Å². The number of aliphatic hydroxyl groups excluding tert-OH is 1. The van der Waals surface area contributed by atoms with E-state index in [0.29, 0.717) is 11.3 Å². The van der Waals surface area contributed by atoms with Crippen molar-refractivity contribution < 1.29 is 19.0 Å². The lowest BCUT2D eigenvalue weighted by Gasteiger charge is -2.13. The molecular formula is C15H15FO3. The van der Waals surface area contributed by atoms with Crippen molar-refractivity contribution in [3.63, 3.8) is 0 Å². The third kappa shape index (κ3) is 3.03. The van der Waals surface area contributed by atoms with Gasteiger partial charge in [-0.2, -0.15) is 0 Å². The molecule has 19 heavy (non-hydrogen) atoms. The smallest absolute Gasteiger partial charge is 0.165 e. The van der Waals surface area contributed by atoms with E-state index < -0.39 is 5.82 Å². The molecule has 0 unspecified atom stereocenters. The van der Waals surface area contributed by atoms with E-state index in [1.807, 2.05) is 24.3 Å². The summed E-state index contributed by atoms with van der Waals surface area (Å²) in [5.74, 6) is 0.279. The highest BCUT2D eigenvalue weighted by Gasteiger charge is 2.10. The molecule has 0 atom stereocenters. The fourth-order valence-corrected chi connectivity index (χ4v) is 1.81. The molecule has 2 aromatic carbocycles. The third-order valence-corrected chi connectivity index (χ3v) is 2.78. The van der Waals surface area contributed by atoms with Gasteiger partial charge in [-0.25, -0.2) is 4.39 Å². The summed E-state index contributed by atoms with van der Waals surface area (Å²) in [6, 6.07) is 11.8. The number of methoxy groups -OCH3 is 1. The second-order valence-corrected chi connectivity index (χ2v) is 3.99.